The molecule has 1 N–H and O–H groups in total. The van der Waals surface area contributed by atoms with Crippen LogP contribution in [0.1, 0.15) is 19.1 Å². The Morgan fingerprint density at radius 3 is 2.85 bits per heavy atom. The Morgan fingerprint density at radius 2 is 2.35 bits per heavy atom. The van der Waals surface area contributed by atoms with Crippen molar-refractivity contribution < 1.29 is 17.7 Å². The van der Waals surface area contributed by atoms with Crippen LogP contribution in [0.3, 0.4) is 0 Å². The highest BCUT2D eigenvalue weighted by Gasteiger charge is 2.33. The maximum atomic E-state index is 12.2. The van der Waals surface area contributed by atoms with Gasteiger partial charge < -0.3 is 14.7 Å². The fourth-order valence-electron chi connectivity index (χ4n) is 2.38. The number of likely N-dealkylation sites (N-methyl/N-ethyl adjacent to an activating group) is 1. The van der Waals surface area contributed by atoms with Crippen molar-refractivity contribution in [1.82, 2.24) is 10.1 Å². The molecular weight excluding hydrogens is 282 g/mol. The van der Waals surface area contributed by atoms with Gasteiger partial charge in [0.25, 0.3) is 0 Å². The average Bonchev–Trinajstić information content (AvgIpc) is 2.94. The lowest BCUT2D eigenvalue weighted by atomic mass is 10.2. The van der Waals surface area contributed by atoms with Crippen LogP contribution in [0.2, 0.25) is 0 Å². The number of hydrogen-bond donors (Lipinski definition) is 1. The van der Waals surface area contributed by atoms with Gasteiger partial charge >= 0.3 is 0 Å². The van der Waals surface area contributed by atoms with Crippen molar-refractivity contribution in [2.75, 3.05) is 29.9 Å². The van der Waals surface area contributed by atoms with E-state index in [0.29, 0.717) is 24.5 Å². The first-order valence-electron chi connectivity index (χ1n) is 6.58. The van der Waals surface area contributed by atoms with E-state index in [1.807, 2.05) is 6.92 Å². The summed E-state index contributed by atoms with van der Waals surface area (Å²) in [5.74, 6) is 1.27. The van der Waals surface area contributed by atoms with Crippen LogP contribution in [0.5, 0.6) is 0 Å². The first-order chi connectivity index (χ1) is 9.41. The average molecular weight is 301 g/mol. The molecule has 0 aliphatic carbocycles. The van der Waals surface area contributed by atoms with E-state index in [4.69, 9.17) is 4.52 Å². The number of aryl methyl sites for hydroxylation is 1. The van der Waals surface area contributed by atoms with Gasteiger partial charge in [0.2, 0.25) is 5.91 Å². The summed E-state index contributed by atoms with van der Waals surface area (Å²) in [5.41, 5.74) is 0. The molecule has 1 aromatic heterocycles. The number of aromatic nitrogens is 1. The molecule has 112 valence electrons. The molecule has 0 radical (unpaired) electrons. The third kappa shape index (κ3) is 3.50. The normalized spacial score (nSPS) is 20.8. The molecule has 0 bridgehead atoms. The molecule has 8 heteroatoms. The van der Waals surface area contributed by atoms with E-state index in [0.717, 1.165) is 0 Å². The molecular formula is C12H19N3O4S. The highest BCUT2D eigenvalue weighted by atomic mass is 32.2. The minimum atomic E-state index is -2.99. The highest BCUT2D eigenvalue weighted by molar-refractivity contribution is 7.91. The number of carbonyl (C=O) groups excluding carboxylic acids is 1. The van der Waals surface area contributed by atoms with Gasteiger partial charge in [-0.05, 0) is 20.3 Å². The zero-order valence-corrected chi connectivity index (χ0v) is 12.4. The van der Waals surface area contributed by atoms with Crippen LogP contribution in [0.15, 0.2) is 10.6 Å². The zero-order valence-electron chi connectivity index (χ0n) is 11.6. The fraction of sp³-hybridized carbons (Fsp3) is 0.667. The number of carbonyl (C=O) groups is 1. The summed E-state index contributed by atoms with van der Waals surface area (Å²) < 4.78 is 27.9. The van der Waals surface area contributed by atoms with Crippen LogP contribution >= 0.6 is 0 Å². The molecule has 0 aromatic carbocycles. The molecule has 1 amide bonds. The molecule has 20 heavy (non-hydrogen) atoms. The van der Waals surface area contributed by atoms with Crippen LogP contribution in [-0.4, -0.2) is 55.0 Å². The Kier molecular flexibility index (Phi) is 4.32. The van der Waals surface area contributed by atoms with Crippen molar-refractivity contribution in [1.29, 1.82) is 0 Å². The first kappa shape index (κ1) is 14.8. The van der Waals surface area contributed by atoms with E-state index in [1.54, 1.807) is 17.9 Å². The molecule has 1 aliphatic heterocycles. The number of sulfone groups is 1. The summed E-state index contributed by atoms with van der Waals surface area (Å²) in [4.78, 5) is 13.8. The quantitative estimate of drug-likeness (QED) is 0.848. The first-order valence-corrected chi connectivity index (χ1v) is 8.40. The number of anilines is 1. The molecule has 1 unspecified atom stereocenters. The Bertz CT molecular complexity index is 581. The number of nitrogens with zero attached hydrogens (tertiary/aromatic N) is 2. The molecule has 1 aliphatic rings. The third-order valence-corrected chi connectivity index (χ3v) is 5.11. The van der Waals surface area contributed by atoms with Crippen molar-refractivity contribution in [3.05, 3.63) is 11.8 Å². The second-order valence-corrected chi connectivity index (χ2v) is 7.14. The molecule has 1 saturated heterocycles. The minimum absolute atomic E-state index is 0.0651. The third-order valence-electron chi connectivity index (χ3n) is 3.36. The van der Waals surface area contributed by atoms with Crippen molar-refractivity contribution >= 4 is 21.6 Å². The van der Waals surface area contributed by atoms with Gasteiger partial charge in [-0.2, -0.15) is 0 Å². The lowest BCUT2D eigenvalue weighted by Gasteiger charge is -2.26. The van der Waals surface area contributed by atoms with Gasteiger partial charge in [0.05, 0.1) is 18.1 Å². The number of nitrogens with one attached hydrogen (secondary N) is 1. The van der Waals surface area contributed by atoms with Crippen LogP contribution in [0.25, 0.3) is 0 Å². The molecule has 0 saturated carbocycles. The summed E-state index contributed by atoms with van der Waals surface area (Å²) in [7, 11) is -2.99. The van der Waals surface area contributed by atoms with E-state index in [1.165, 1.54) is 0 Å². The summed E-state index contributed by atoms with van der Waals surface area (Å²) in [5, 5.41) is 6.62. The summed E-state index contributed by atoms with van der Waals surface area (Å²) >= 11 is 0. The standard InChI is InChI=1S/C12H19N3O4S/c1-3-15(10-4-5-20(17,18)8-10)12(16)7-13-11-6-9(2)19-14-11/h6,10H,3-5,7-8H2,1-2H3,(H,13,14). The lowest BCUT2D eigenvalue weighted by molar-refractivity contribution is -0.130. The molecule has 7 nitrogen and oxygen atoms in total. The van der Waals surface area contributed by atoms with Gasteiger partial charge in [-0.15, -0.1) is 0 Å². The van der Waals surface area contributed by atoms with Crippen molar-refractivity contribution in [2.24, 2.45) is 0 Å². The monoisotopic (exact) mass is 301 g/mol. The molecule has 2 rings (SSSR count). The van der Waals surface area contributed by atoms with Gasteiger partial charge in [-0.25, -0.2) is 8.42 Å². The van der Waals surface area contributed by atoms with Gasteiger partial charge in [0.15, 0.2) is 15.7 Å². The second-order valence-electron chi connectivity index (χ2n) is 4.91. The van der Waals surface area contributed by atoms with E-state index >= 15 is 0 Å². The molecule has 0 spiro atoms. The Labute approximate surface area is 118 Å². The summed E-state index contributed by atoms with van der Waals surface area (Å²) in [6.07, 6.45) is 0.519. The van der Waals surface area contributed by atoms with E-state index in [2.05, 4.69) is 10.5 Å². The van der Waals surface area contributed by atoms with Crippen LogP contribution in [-0.2, 0) is 14.6 Å². The molecule has 1 aromatic rings. The highest BCUT2D eigenvalue weighted by Crippen LogP contribution is 2.18. The molecule has 2 heterocycles. The van der Waals surface area contributed by atoms with E-state index in [9.17, 15) is 13.2 Å². The SMILES string of the molecule is CCN(C(=O)CNc1cc(C)on1)C1CCS(=O)(=O)C1. The van der Waals surface area contributed by atoms with Gasteiger partial charge in [0, 0.05) is 18.7 Å². The van der Waals surface area contributed by atoms with Gasteiger partial charge in [-0.1, -0.05) is 5.16 Å². The maximum Gasteiger partial charge on any atom is 0.242 e. The molecule has 1 atom stereocenters. The Hall–Kier alpha value is -1.57. The van der Waals surface area contributed by atoms with Crippen molar-refractivity contribution in [2.45, 2.75) is 26.3 Å². The lowest BCUT2D eigenvalue weighted by Crippen LogP contribution is -2.43. The van der Waals surface area contributed by atoms with Crippen molar-refractivity contribution in [3.63, 3.8) is 0 Å². The van der Waals surface area contributed by atoms with E-state index in [-0.39, 0.29) is 30.0 Å². The van der Waals surface area contributed by atoms with Crippen LogP contribution < -0.4 is 5.32 Å². The maximum absolute atomic E-state index is 12.2. The minimum Gasteiger partial charge on any atom is -0.360 e. The smallest absolute Gasteiger partial charge is 0.242 e. The van der Waals surface area contributed by atoms with Crippen LogP contribution in [0.4, 0.5) is 5.82 Å². The largest absolute Gasteiger partial charge is 0.360 e. The number of amides is 1. The predicted octanol–water partition coefficient (Wildman–Crippen LogP) is 0.431. The van der Waals surface area contributed by atoms with E-state index < -0.39 is 9.84 Å². The van der Waals surface area contributed by atoms with Crippen LogP contribution in [0, 0.1) is 6.92 Å². The van der Waals surface area contributed by atoms with Gasteiger partial charge in [-0.3, -0.25) is 4.79 Å². The summed E-state index contributed by atoms with van der Waals surface area (Å²) in [6.45, 7) is 4.19. The Morgan fingerprint density at radius 1 is 1.60 bits per heavy atom. The Balaban J connectivity index is 1.92. The zero-order chi connectivity index (χ0) is 14.8. The molecule has 1 fully saturated rings. The van der Waals surface area contributed by atoms with Crippen molar-refractivity contribution in [3.8, 4) is 0 Å². The second kappa shape index (κ2) is 5.82. The fourth-order valence-corrected chi connectivity index (χ4v) is 4.11. The topological polar surface area (TPSA) is 92.5 Å². The number of hydrogen-bond acceptors (Lipinski definition) is 6. The summed E-state index contributed by atoms with van der Waals surface area (Å²) in [6, 6.07) is 1.49. The van der Waals surface area contributed by atoms with Gasteiger partial charge in [0.1, 0.15) is 5.76 Å². The number of rotatable bonds is 5. The predicted molar refractivity (Wildman–Crippen MR) is 74.2 cm³/mol.